The molecule has 6 heterocycles. The molecule has 0 bridgehead atoms. The van der Waals surface area contributed by atoms with Crippen molar-refractivity contribution in [2.45, 2.75) is 227 Å². The zero-order valence-electron chi connectivity index (χ0n) is 43.4. The molecular formula is C52H82O23. The predicted molar refractivity (Wildman–Crippen MR) is 252 cm³/mol. The zero-order chi connectivity index (χ0) is 53.6. The lowest BCUT2D eigenvalue weighted by molar-refractivity contribution is -0.403. The number of hydrogen-bond acceptors (Lipinski definition) is 23. The summed E-state index contributed by atoms with van der Waals surface area (Å²) in [6.07, 6.45) is -22.7. The van der Waals surface area contributed by atoms with E-state index in [9.17, 15) is 61.0 Å². The summed E-state index contributed by atoms with van der Waals surface area (Å²) in [4.78, 5) is 12.8. The summed E-state index contributed by atoms with van der Waals surface area (Å²) in [5, 5.41) is 119. The summed E-state index contributed by atoms with van der Waals surface area (Å²) in [6.45, 7) is 8.31. The minimum Gasteiger partial charge on any atom is -0.454 e. The average molecular weight is 1080 g/mol. The van der Waals surface area contributed by atoms with Gasteiger partial charge in [-0.15, -0.1) is 0 Å². The van der Waals surface area contributed by atoms with Crippen LogP contribution < -0.4 is 0 Å². The van der Waals surface area contributed by atoms with E-state index in [1.807, 2.05) is 0 Å². The van der Waals surface area contributed by atoms with E-state index in [1.165, 1.54) is 5.57 Å². The van der Waals surface area contributed by atoms with E-state index in [-0.39, 0.29) is 16.9 Å². The molecule has 5 unspecified atom stereocenters. The number of fused-ring (bicyclic) bond motifs is 7. The van der Waals surface area contributed by atoms with Gasteiger partial charge in [-0.1, -0.05) is 39.3 Å². The Morgan fingerprint density at radius 2 is 1.31 bits per heavy atom. The van der Waals surface area contributed by atoms with Gasteiger partial charge >= 0.3 is 5.97 Å². The quantitative estimate of drug-likeness (QED) is 0.0760. The first-order valence-electron chi connectivity index (χ1n) is 27.3. The van der Waals surface area contributed by atoms with Gasteiger partial charge in [0.1, 0.15) is 85.5 Å². The fourth-order valence-electron chi connectivity index (χ4n) is 15.6. The zero-order valence-corrected chi connectivity index (χ0v) is 43.4. The molecule has 0 aromatic carbocycles. The Bertz CT molecular complexity index is 2010. The normalized spacial score (nSPS) is 54.8. The summed E-state index contributed by atoms with van der Waals surface area (Å²) in [7, 11) is 0. The van der Waals surface area contributed by atoms with Gasteiger partial charge in [-0.3, -0.25) is 4.79 Å². The van der Waals surface area contributed by atoms with Gasteiger partial charge < -0.3 is 108 Å². The maximum atomic E-state index is 12.8. The highest BCUT2D eigenvalue weighted by atomic mass is 16.8. The third-order valence-corrected chi connectivity index (χ3v) is 19.7. The maximum Gasteiger partial charge on any atom is 0.303 e. The molecule has 10 aliphatic rings. The van der Waals surface area contributed by atoms with E-state index in [1.54, 1.807) is 0 Å². The number of aliphatic hydroxyl groups is 11. The molecule has 1 spiro atoms. The van der Waals surface area contributed by atoms with Crippen LogP contribution in [-0.2, 0) is 56.9 Å². The van der Waals surface area contributed by atoms with E-state index in [0.717, 1.165) is 58.5 Å². The first-order valence-corrected chi connectivity index (χ1v) is 27.3. The lowest BCUT2D eigenvalue weighted by atomic mass is 9.47. The van der Waals surface area contributed by atoms with E-state index in [2.05, 4.69) is 33.8 Å². The number of rotatable bonds is 12. The molecule has 75 heavy (non-hydrogen) atoms. The van der Waals surface area contributed by atoms with Gasteiger partial charge in [-0.05, 0) is 91.8 Å². The van der Waals surface area contributed by atoms with Crippen LogP contribution in [0.5, 0.6) is 0 Å². The fraction of sp³-hybridized carbons (Fsp3) is 0.942. The molecule has 6 saturated heterocycles. The number of hydrogen-bond donors (Lipinski definition) is 11. The van der Waals surface area contributed by atoms with E-state index in [4.69, 9.17) is 52.1 Å². The van der Waals surface area contributed by atoms with Crippen molar-refractivity contribution in [1.29, 1.82) is 0 Å². The Morgan fingerprint density at radius 3 is 2.00 bits per heavy atom. The molecule has 30 atom stereocenters. The molecule has 23 nitrogen and oxygen atoms in total. The van der Waals surface area contributed by atoms with Crippen molar-refractivity contribution in [2.75, 3.05) is 33.0 Å². The second-order valence-corrected chi connectivity index (χ2v) is 24.0. The SMILES string of the molecule is CC(=O)O[C@H]1[C@H](O[C@H]2CC[C@@]3(C)C(=CC[C@H]4C5CC6O[C@]7(CCC(C)CO7)[C@@H](C)C6[C@@]5(C)CCC43)C2)O[C@H](CO)[C@H](O[C@@H]2O[C@H](CO)[C@@H](O)[C@H](O[C@@H]3OC[C@@H](O)[C@H](O)[C@H]3O)[C@H]2O[C@@H]2O[C@@H](CO)[C@H](O)[C@@H](O)[C@@H]2O)[C@@H]1O. The Balaban J connectivity index is 0.857. The highest BCUT2D eigenvalue weighted by molar-refractivity contribution is 5.66. The topological polar surface area (TPSA) is 341 Å². The first-order chi connectivity index (χ1) is 35.7. The number of carbonyl (C=O) groups excluding carboxylic acids is 1. The standard InChI is InChI=1S/C52H82O23/c1-21-8-13-52(66-19-21)22(2)34-30(75-52)15-28-26-7-6-24-14-25(9-11-50(24,4)27(26)10-12-51(28,34)5)68-48-44(67-23(3)56)41(64)42(33(18-55)71-48)72-49-45(74-47-40(63)38(61)36(59)31(16-53)69-47)43(37(60)32(17-54)70-49)73-46-39(62)35(58)29(57)20-65-46/h6,21-22,25-49,53-55,57-64H,7-20H2,1-5H3/t21?,22-,25-,26+,27?,28?,29+,30?,31-,32+,33+,34?,35-,36-,37+,38+,39+,40-,41-,42-,43-,44+,45+,46-,47-,48+,49-,50-,51-,52+/m0/s1. The summed E-state index contributed by atoms with van der Waals surface area (Å²) < 4.78 is 67.7. The molecule has 9 fully saturated rings. The van der Waals surface area contributed by atoms with Crippen molar-refractivity contribution in [3.05, 3.63) is 11.6 Å². The van der Waals surface area contributed by atoms with Gasteiger partial charge in [0.2, 0.25) is 0 Å². The first kappa shape index (κ1) is 56.6. The molecule has 3 saturated carbocycles. The number of ether oxygens (including phenoxy) is 11. The largest absolute Gasteiger partial charge is 0.454 e. The van der Waals surface area contributed by atoms with Crippen LogP contribution in [0, 0.1) is 46.3 Å². The average Bonchev–Trinajstić information content (AvgIpc) is 3.84. The third-order valence-electron chi connectivity index (χ3n) is 19.7. The number of carbonyl (C=O) groups is 1. The third kappa shape index (κ3) is 9.99. The number of aliphatic hydroxyl groups excluding tert-OH is 11. The van der Waals surface area contributed by atoms with Gasteiger partial charge in [-0.2, -0.15) is 0 Å². The Kier molecular flexibility index (Phi) is 16.6. The van der Waals surface area contributed by atoms with Crippen molar-refractivity contribution < 1.29 is 113 Å². The maximum absolute atomic E-state index is 12.8. The van der Waals surface area contributed by atoms with Gasteiger partial charge in [0.05, 0.1) is 45.2 Å². The van der Waals surface area contributed by atoms with Gasteiger partial charge in [0.15, 0.2) is 37.1 Å². The minimum absolute atomic E-state index is 0.0784. The fourth-order valence-corrected chi connectivity index (χ4v) is 15.6. The van der Waals surface area contributed by atoms with Crippen LogP contribution >= 0.6 is 0 Å². The van der Waals surface area contributed by atoms with Crippen LogP contribution in [-0.4, -0.2) is 230 Å². The molecule has 10 rings (SSSR count). The van der Waals surface area contributed by atoms with E-state index >= 15 is 0 Å². The van der Waals surface area contributed by atoms with Crippen molar-refractivity contribution in [3.8, 4) is 0 Å². The van der Waals surface area contributed by atoms with Crippen molar-refractivity contribution in [2.24, 2.45) is 46.3 Å². The minimum atomic E-state index is -2.02. The second kappa shape index (κ2) is 22.0. The lowest BCUT2D eigenvalue weighted by Crippen LogP contribution is -2.68. The Hall–Kier alpha value is -1.63. The van der Waals surface area contributed by atoms with Crippen molar-refractivity contribution in [1.82, 2.24) is 0 Å². The molecule has 0 amide bonds. The van der Waals surface area contributed by atoms with Crippen LogP contribution in [0.2, 0.25) is 0 Å². The van der Waals surface area contributed by atoms with Gasteiger partial charge in [-0.25, -0.2) is 0 Å². The predicted octanol–water partition coefficient (Wildman–Crippen LogP) is -1.78. The highest BCUT2D eigenvalue weighted by Crippen LogP contribution is 2.71. The molecule has 428 valence electrons. The highest BCUT2D eigenvalue weighted by Gasteiger charge is 2.69. The number of esters is 1. The van der Waals surface area contributed by atoms with Gasteiger partial charge in [0, 0.05) is 19.3 Å². The van der Waals surface area contributed by atoms with Crippen LogP contribution in [0.4, 0.5) is 0 Å². The molecule has 23 heteroatoms. The molecule has 0 radical (unpaired) electrons. The van der Waals surface area contributed by atoms with Crippen molar-refractivity contribution in [3.63, 3.8) is 0 Å². The van der Waals surface area contributed by atoms with Crippen molar-refractivity contribution >= 4 is 5.97 Å². The Morgan fingerprint density at radius 1 is 0.653 bits per heavy atom. The van der Waals surface area contributed by atoms with Crippen LogP contribution in [0.25, 0.3) is 0 Å². The van der Waals surface area contributed by atoms with Crippen LogP contribution in [0.1, 0.15) is 92.4 Å². The molecular weight excluding hydrogens is 993 g/mol. The molecule has 0 aromatic heterocycles. The molecule has 0 aromatic rings. The van der Waals surface area contributed by atoms with E-state index < -0.39 is 161 Å². The summed E-state index contributed by atoms with van der Waals surface area (Å²) in [6, 6.07) is 0. The van der Waals surface area contributed by atoms with Crippen LogP contribution in [0.15, 0.2) is 11.6 Å². The summed E-state index contributed by atoms with van der Waals surface area (Å²) in [5.41, 5.74) is 1.37. The van der Waals surface area contributed by atoms with Crippen LogP contribution in [0.3, 0.4) is 0 Å². The molecule has 4 aliphatic carbocycles. The monoisotopic (exact) mass is 1070 g/mol. The Labute approximate surface area is 436 Å². The van der Waals surface area contributed by atoms with E-state index in [0.29, 0.717) is 48.3 Å². The summed E-state index contributed by atoms with van der Waals surface area (Å²) >= 11 is 0. The summed E-state index contributed by atoms with van der Waals surface area (Å²) in [5.74, 6) is 1.54. The smallest absolute Gasteiger partial charge is 0.303 e. The van der Waals surface area contributed by atoms with Gasteiger partial charge in [0.25, 0.3) is 0 Å². The number of allylic oxidation sites excluding steroid dienone is 1. The molecule has 11 N–H and O–H groups in total. The second-order valence-electron chi connectivity index (χ2n) is 24.0. The molecule has 6 aliphatic heterocycles. The lowest BCUT2D eigenvalue weighted by Gasteiger charge is -2.58.